The number of carbonyl (C=O) groups is 3. The highest BCUT2D eigenvalue weighted by atomic mass is 19.3. The average molecular weight is 475 g/mol. The van der Waals surface area contributed by atoms with Gasteiger partial charge in [0, 0.05) is 17.9 Å². The van der Waals surface area contributed by atoms with E-state index in [4.69, 9.17) is 9.84 Å². The maximum atomic E-state index is 13.7. The molecule has 0 spiro atoms. The first-order valence-electron chi connectivity index (χ1n) is 10.9. The number of benzene rings is 2. The molecule has 1 aliphatic rings. The number of alkyl carbamates (subject to hydrolysis) is 1. The molecule has 0 bridgehead atoms. The lowest BCUT2D eigenvalue weighted by Crippen LogP contribution is -2.51. The molecule has 0 heterocycles. The van der Waals surface area contributed by atoms with Crippen LogP contribution in [-0.4, -0.2) is 48.2 Å². The highest BCUT2D eigenvalue weighted by molar-refractivity contribution is 5.89. The second-order valence-corrected chi connectivity index (χ2v) is 9.11. The molecule has 0 radical (unpaired) electrons. The number of ether oxygens (including phenoxy) is 1. The predicted octanol–water partition coefficient (Wildman–Crippen LogP) is 4.17. The number of hydrogen-bond donors (Lipinski definition) is 3. The van der Waals surface area contributed by atoms with Gasteiger partial charge in [-0.15, -0.1) is 0 Å². The lowest BCUT2D eigenvalue weighted by molar-refractivity contribution is -0.140. The van der Waals surface area contributed by atoms with E-state index in [9.17, 15) is 23.2 Å². The first-order chi connectivity index (χ1) is 15.9. The van der Waals surface area contributed by atoms with Crippen LogP contribution in [-0.2, 0) is 14.3 Å². The topological polar surface area (TPSA) is 105 Å². The van der Waals surface area contributed by atoms with Crippen molar-refractivity contribution in [1.82, 2.24) is 10.6 Å². The standard InChI is InChI=1S/C25H28F2N2O5/c1-24(2,25(3,26)27)14-28-22(32)20(12-21(30)31)29-23(33)34-13-19-17-10-6-4-8-15(17)16-9-5-7-11-18(16)19/h4-11,19-20H,12-14H2,1-3H3,(H,28,32)(H,29,33)(H,30,31). The van der Waals surface area contributed by atoms with Crippen molar-refractivity contribution in [3.05, 3.63) is 59.7 Å². The van der Waals surface area contributed by atoms with Gasteiger partial charge in [-0.1, -0.05) is 62.4 Å². The lowest BCUT2D eigenvalue weighted by Gasteiger charge is -2.32. The molecule has 9 heteroatoms. The molecule has 3 N–H and O–H groups in total. The van der Waals surface area contributed by atoms with Crippen molar-refractivity contribution < 1.29 is 33.0 Å². The van der Waals surface area contributed by atoms with Crippen molar-refractivity contribution in [2.45, 2.75) is 45.1 Å². The number of hydrogen-bond acceptors (Lipinski definition) is 4. The Balaban J connectivity index is 1.64. The predicted molar refractivity (Wildman–Crippen MR) is 122 cm³/mol. The number of carboxylic acids is 1. The summed E-state index contributed by atoms with van der Waals surface area (Å²) in [6.07, 6.45) is -1.69. The van der Waals surface area contributed by atoms with Crippen LogP contribution in [0, 0.1) is 5.41 Å². The van der Waals surface area contributed by atoms with E-state index in [2.05, 4.69) is 10.6 Å². The molecule has 0 saturated carbocycles. The highest BCUT2D eigenvalue weighted by Crippen LogP contribution is 2.44. The maximum Gasteiger partial charge on any atom is 0.407 e. The number of fused-ring (bicyclic) bond motifs is 3. The van der Waals surface area contributed by atoms with Gasteiger partial charge in [-0.25, -0.2) is 13.6 Å². The number of amides is 2. The number of alkyl halides is 2. The summed E-state index contributed by atoms with van der Waals surface area (Å²) in [5, 5.41) is 13.7. The smallest absolute Gasteiger partial charge is 0.407 e. The number of carboxylic acid groups (broad SMARTS) is 1. The van der Waals surface area contributed by atoms with E-state index < -0.39 is 48.3 Å². The molecule has 1 unspecified atom stereocenters. The van der Waals surface area contributed by atoms with Crippen molar-refractivity contribution in [3.8, 4) is 11.1 Å². The summed E-state index contributed by atoms with van der Waals surface area (Å²) in [4.78, 5) is 36.1. The van der Waals surface area contributed by atoms with Gasteiger partial charge >= 0.3 is 12.1 Å². The number of halogens is 2. The minimum atomic E-state index is -3.08. The summed E-state index contributed by atoms with van der Waals surface area (Å²) in [6.45, 7) is 2.87. The van der Waals surface area contributed by atoms with Gasteiger partial charge in [-0.2, -0.15) is 0 Å². The van der Waals surface area contributed by atoms with Gasteiger partial charge in [0.1, 0.15) is 12.6 Å². The van der Waals surface area contributed by atoms with Crippen LogP contribution in [0.3, 0.4) is 0 Å². The Morgan fingerprint density at radius 2 is 1.53 bits per heavy atom. The summed E-state index contributed by atoms with van der Waals surface area (Å²) in [6, 6.07) is 14.0. The second kappa shape index (κ2) is 9.79. The van der Waals surface area contributed by atoms with Crippen molar-refractivity contribution in [3.63, 3.8) is 0 Å². The van der Waals surface area contributed by atoms with Crippen LogP contribution < -0.4 is 10.6 Å². The molecule has 0 aromatic heterocycles. The van der Waals surface area contributed by atoms with Gasteiger partial charge in [0.15, 0.2) is 0 Å². The summed E-state index contributed by atoms with van der Waals surface area (Å²) in [5.41, 5.74) is 2.52. The van der Waals surface area contributed by atoms with Crippen molar-refractivity contribution in [2.75, 3.05) is 13.2 Å². The van der Waals surface area contributed by atoms with E-state index in [1.807, 2.05) is 48.5 Å². The van der Waals surface area contributed by atoms with Crippen molar-refractivity contribution >= 4 is 18.0 Å². The zero-order valence-corrected chi connectivity index (χ0v) is 19.2. The van der Waals surface area contributed by atoms with Gasteiger partial charge in [-0.3, -0.25) is 9.59 Å². The molecule has 1 atom stereocenters. The van der Waals surface area contributed by atoms with E-state index >= 15 is 0 Å². The normalized spacial score (nSPS) is 14.0. The fourth-order valence-corrected chi connectivity index (χ4v) is 3.75. The molecule has 0 saturated heterocycles. The third kappa shape index (κ3) is 5.52. The van der Waals surface area contributed by atoms with Crippen LogP contribution in [0.15, 0.2) is 48.5 Å². The Morgan fingerprint density at radius 1 is 1.00 bits per heavy atom. The summed E-state index contributed by atoms with van der Waals surface area (Å²) in [5.74, 6) is -5.51. The summed E-state index contributed by atoms with van der Waals surface area (Å²) < 4.78 is 32.8. The summed E-state index contributed by atoms with van der Waals surface area (Å²) in [7, 11) is 0. The van der Waals surface area contributed by atoms with E-state index in [0.29, 0.717) is 0 Å². The van der Waals surface area contributed by atoms with Crippen LogP contribution in [0.1, 0.15) is 44.2 Å². The SMILES string of the molecule is CC(F)(F)C(C)(C)CNC(=O)C(CC(=O)O)NC(=O)OCC1c2ccccc2-c2ccccc21. The first-order valence-corrected chi connectivity index (χ1v) is 10.9. The Bertz CT molecular complexity index is 1040. The zero-order valence-electron chi connectivity index (χ0n) is 19.2. The van der Waals surface area contributed by atoms with E-state index in [1.165, 1.54) is 13.8 Å². The monoisotopic (exact) mass is 474 g/mol. The van der Waals surface area contributed by atoms with Gasteiger partial charge in [-0.05, 0) is 29.2 Å². The van der Waals surface area contributed by atoms with Crippen molar-refractivity contribution in [1.29, 1.82) is 0 Å². The average Bonchev–Trinajstić information content (AvgIpc) is 3.08. The van der Waals surface area contributed by atoms with Gasteiger partial charge in [0.2, 0.25) is 5.91 Å². The molecular formula is C25H28F2N2O5. The van der Waals surface area contributed by atoms with Crippen LogP contribution in [0.4, 0.5) is 13.6 Å². The van der Waals surface area contributed by atoms with Crippen LogP contribution in [0.5, 0.6) is 0 Å². The minimum absolute atomic E-state index is 0.0175. The molecular weight excluding hydrogens is 446 g/mol. The molecule has 3 rings (SSSR count). The number of rotatable bonds is 9. The highest BCUT2D eigenvalue weighted by Gasteiger charge is 2.42. The number of carbonyl (C=O) groups excluding carboxylic acids is 2. The molecule has 34 heavy (non-hydrogen) atoms. The number of aliphatic carboxylic acids is 1. The fourth-order valence-electron chi connectivity index (χ4n) is 3.75. The Morgan fingerprint density at radius 3 is 2.03 bits per heavy atom. The van der Waals surface area contributed by atoms with Crippen LogP contribution in [0.2, 0.25) is 0 Å². The van der Waals surface area contributed by atoms with E-state index in [1.54, 1.807) is 0 Å². The molecule has 182 valence electrons. The maximum absolute atomic E-state index is 13.7. The number of nitrogens with one attached hydrogen (secondary N) is 2. The molecule has 7 nitrogen and oxygen atoms in total. The molecule has 0 fully saturated rings. The Labute approximate surface area is 196 Å². The lowest BCUT2D eigenvalue weighted by atomic mass is 9.86. The molecule has 2 amide bonds. The molecule has 2 aromatic rings. The van der Waals surface area contributed by atoms with E-state index in [-0.39, 0.29) is 12.5 Å². The first kappa shape index (κ1) is 25.1. The third-order valence-electron chi connectivity index (χ3n) is 6.22. The summed E-state index contributed by atoms with van der Waals surface area (Å²) >= 11 is 0. The van der Waals surface area contributed by atoms with Crippen molar-refractivity contribution in [2.24, 2.45) is 5.41 Å². The molecule has 0 aliphatic heterocycles. The Hall–Kier alpha value is -3.49. The van der Waals surface area contributed by atoms with Gasteiger partial charge in [0.05, 0.1) is 6.42 Å². The largest absolute Gasteiger partial charge is 0.481 e. The molecule has 2 aromatic carbocycles. The molecule has 1 aliphatic carbocycles. The quantitative estimate of drug-likeness (QED) is 0.506. The van der Waals surface area contributed by atoms with Crippen LogP contribution in [0.25, 0.3) is 11.1 Å². The van der Waals surface area contributed by atoms with Gasteiger partial charge in [0.25, 0.3) is 5.92 Å². The zero-order chi connectivity index (χ0) is 25.1. The minimum Gasteiger partial charge on any atom is -0.481 e. The third-order valence-corrected chi connectivity index (χ3v) is 6.22. The second-order valence-electron chi connectivity index (χ2n) is 9.11. The van der Waals surface area contributed by atoms with Crippen LogP contribution >= 0.6 is 0 Å². The van der Waals surface area contributed by atoms with E-state index in [0.717, 1.165) is 29.2 Å². The van der Waals surface area contributed by atoms with Gasteiger partial charge < -0.3 is 20.5 Å². The Kier molecular flexibility index (Phi) is 7.24. The fraction of sp³-hybridized carbons (Fsp3) is 0.400.